The molecule has 8 heteroatoms. The van der Waals surface area contributed by atoms with Crippen LogP contribution in [0, 0.1) is 3.57 Å². The summed E-state index contributed by atoms with van der Waals surface area (Å²) in [7, 11) is 0. The molecule has 0 saturated heterocycles. The molecular weight excluding hydrogens is 535 g/mol. The third kappa shape index (κ3) is 4.71. The largest absolute Gasteiger partial charge is 0.394 e. The fourth-order valence-corrected chi connectivity index (χ4v) is 4.24. The molecule has 0 spiro atoms. The van der Waals surface area contributed by atoms with Gasteiger partial charge in [-0.05, 0) is 58.5 Å². The highest BCUT2D eigenvalue weighted by Crippen LogP contribution is 2.27. The smallest absolute Gasteiger partial charge is 0.252 e. The van der Waals surface area contributed by atoms with Gasteiger partial charge in [-0.3, -0.25) is 19.2 Å². The van der Waals surface area contributed by atoms with E-state index in [9.17, 15) is 24.3 Å². The van der Waals surface area contributed by atoms with Gasteiger partial charge in [-0.25, -0.2) is 0 Å². The van der Waals surface area contributed by atoms with E-state index in [1.807, 2.05) is 24.3 Å². The second kappa shape index (κ2) is 9.63. The quantitative estimate of drug-likeness (QED) is 0.317. The first kappa shape index (κ1) is 22.8. The first-order chi connectivity index (χ1) is 15.9. The van der Waals surface area contributed by atoms with Crippen LogP contribution in [0.3, 0.4) is 0 Å². The normalized spacial score (nSPS) is 13.0. The van der Waals surface area contributed by atoms with Gasteiger partial charge in [0.15, 0.2) is 11.6 Å². The minimum absolute atomic E-state index is 0.109. The Morgan fingerprint density at radius 3 is 2.18 bits per heavy atom. The van der Waals surface area contributed by atoms with Crippen molar-refractivity contribution in [3.05, 3.63) is 104 Å². The number of hydrogen-bond acceptors (Lipinski definition) is 5. The summed E-state index contributed by atoms with van der Waals surface area (Å²) in [5.41, 5.74) is 1.97. The highest BCUT2D eigenvalue weighted by atomic mass is 127. The third-order valence-corrected chi connectivity index (χ3v) is 6.02. The van der Waals surface area contributed by atoms with Crippen LogP contribution in [0.25, 0.3) is 0 Å². The molecule has 4 rings (SSSR count). The minimum atomic E-state index is -1.17. The van der Waals surface area contributed by atoms with E-state index in [-0.39, 0.29) is 40.4 Å². The van der Waals surface area contributed by atoms with Crippen molar-refractivity contribution < 1.29 is 24.3 Å². The fourth-order valence-electron chi connectivity index (χ4n) is 3.64. The van der Waals surface area contributed by atoms with Gasteiger partial charge in [-0.15, -0.1) is 0 Å². The van der Waals surface area contributed by atoms with Gasteiger partial charge in [0.1, 0.15) is 6.04 Å². The Labute approximate surface area is 203 Å². The number of benzene rings is 3. The van der Waals surface area contributed by atoms with Gasteiger partial charge in [0.05, 0.1) is 6.61 Å². The Bertz CT molecular complexity index is 1290. The van der Waals surface area contributed by atoms with Crippen molar-refractivity contribution in [2.24, 2.45) is 0 Å². The molecule has 33 heavy (non-hydrogen) atoms. The van der Waals surface area contributed by atoms with Gasteiger partial charge in [0.25, 0.3) is 5.91 Å². The van der Waals surface area contributed by atoms with Crippen LogP contribution in [0.5, 0.6) is 0 Å². The SMILES string of the molecule is O=C(NC(CO)C(=O)NCc1cccc(I)c1)c1ccc2c(c1)C(=O)c1ccccc1C2=O. The summed E-state index contributed by atoms with van der Waals surface area (Å²) in [6, 6.07) is 17.1. The predicted molar refractivity (Wildman–Crippen MR) is 129 cm³/mol. The molecule has 0 aliphatic heterocycles. The van der Waals surface area contributed by atoms with Crippen LogP contribution >= 0.6 is 22.6 Å². The van der Waals surface area contributed by atoms with Gasteiger partial charge < -0.3 is 15.7 Å². The maximum atomic E-state index is 12.9. The number of ketones is 2. The molecule has 3 aromatic rings. The summed E-state index contributed by atoms with van der Waals surface area (Å²) in [5.74, 6) is -1.80. The number of hydrogen-bond donors (Lipinski definition) is 3. The molecule has 0 heterocycles. The molecule has 0 saturated carbocycles. The summed E-state index contributed by atoms with van der Waals surface area (Å²) < 4.78 is 1.02. The molecule has 3 aromatic carbocycles. The molecule has 3 N–H and O–H groups in total. The van der Waals surface area contributed by atoms with Crippen LogP contribution in [0.15, 0.2) is 66.7 Å². The zero-order valence-electron chi connectivity index (χ0n) is 17.3. The molecule has 1 aliphatic carbocycles. The molecule has 1 atom stereocenters. The van der Waals surface area contributed by atoms with Crippen molar-refractivity contribution >= 4 is 46.0 Å². The Morgan fingerprint density at radius 2 is 1.52 bits per heavy atom. The number of fused-ring (bicyclic) bond motifs is 2. The molecule has 1 aliphatic rings. The Hall–Kier alpha value is -3.37. The average molecular weight is 554 g/mol. The number of nitrogens with one attached hydrogen (secondary N) is 2. The first-order valence-electron chi connectivity index (χ1n) is 10.2. The molecule has 166 valence electrons. The standard InChI is InChI=1S/C25H19IN2O5/c26-16-5-3-4-14(10-16)12-27-25(33)21(13-29)28-24(32)15-8-9-19-20(11-15)23(31)18-7-2-1-6-17(18)22(19)30/h1-11,21,29H,12-13H2,(H,27,33)(H,28,32). The van der Waals surface area contributed by atoms with E-state index in [1.54, 1.807) is 24.3 Å². The Balaban J connectivity index is 1.48. The number of amides is 2. The lowest BCUT2D eigenvalue weighted by molar-refractivity contribution is -0.124. The summed E-state index contributed by atoms with van der Waals surface area (Å²) in [6.45, 7) is -0.351. The maximum absolute atomic E-state index is 12.9. The summed E-state index contributed by atoms with van der Waals surface area (Å²) >= 11 is 2.17. The monoisotopic (exact) mass is 554 g/mol. The van der Waals surface area contributed by atoms with E-state index >= 15 is 0 Å². The predicted octanol–water partition coefficient (Wildman–Crippen LogP) is 2.47. The Kier molecular flexibility index (Phi) is 6.66. The number of halogens is 1. The number of aliphatic hydroxyl groups is 1. The fraction of sp³-hybridized carbons (Fsp3) is 0.120. The zero-order valence-corrected chi connectivity index (χ0v) is 19.5. The van der Waals surface area contributed by atoms with E-state index in [2.05, 4.69) is 33.2 Å². The summed E-state index contributed by atoms with van der Waals surface area (Å²) in [5, 5.41) is 14.8. The molecule has 0 bridgehead atoms. The second-order valence-corrected chi connectivity index (χ2v) is 8.77. The number of rotatable bonds is 6. The molecule has 2 amide bonds. The van der Waals surface area contributed by atoms with Crippen molar-refractivity contribution in [1.29, 1.82) is 0 Å². The lowest BCUT2D eigenvalue weighted by atomic mass is 9.83. The van der Waals surface area contributed by atoms with Gasteiger partial charge in [-0.1, -0.05) is 36.4 Å². The van der Waals surface area contributed by atoms with E-state index in [0.29, 0.717) is 5.56 Å². The first-order valence-corrected chi connectivity index (χ1v) is 11.2. The van der Waals surface area contributed by atoms with Crippen molar-refractivity contribution in [3.63, 3.8) is 0 Å². The summed E-state index contributed by atoms with van der Waals surface area (Å²) in [4.78, 5) is 50.8. The van der Waals surface area contributed by atoms with Crippen LogP contribution in [-0.4, -0.2) is 41.1 Å². The second-order valence-electron chi connectivity index (χ2n) is 7.52. The molecule has 0 aromatic heterocycles. The van der Waals surface area contributed by atoms with Crippen molar-refractivity contribution in [1.82, 2.24) is 10.6 Å². The number of aliphatic hydroxyl groups excluding tert-OH is 1. The van der Waals surface area contributed by atoms with Gasteiger partial charge >= 0.3 is 0 Å². The van der Waals surface area contributed by atoms with Gasteiger partial charge in [0, 0.05) is 37.9 Å². The third-order valence-electron chi connectivity index (χ3n) is 5.35. The van der Waals surface area contributed by atoms with Crippen LogP contribution < -0.4 is 10.6 Å². The minimum Gasteiger partial charge on any atom is -0.394 e. The van der Waals surface area contributed by atoms with Gasteiger partial charge in [-0.2, -0.15) is 0 Å². The van der Waals surface area contributed by atoms with Crippen molar-refractivity contribution in [3.8, 4) is 0 Å². The van der Waals surface area contributed by atoms with E-state index in [4.69, 9.17) is 0 Å². The van der Waals surface area contributed by atoms with Crippen LogP contribution in [0.2, 0.25) is 0 Å². The molecule has 7 nitrogen and oxygen atoms in total. The number of carbonyl (C=O) groups is 4. The Morgan fingerprint density at radius 1 is 0.848 bits per heavy atom. The lowest BCUT2D eigenvalue weighted by Gasteiger charge is -2.19. The highest BCUT2D eigenvalue weighted by molar-refractivity contribution is 14.1. The van der Waals surface area contributed by atoms with Crippen LogP contribution in [-0.2, 0) is 11.3 Å². The molecule has 0 fully saturated rings. The van der Waals surface area contributed by atoms with Crippen molar-refractivity contribution in [2.75, 3.05) is 6.61 Å². The lowest BCUT2D eigenvalue weighted by Crippen LogP contribution is -2.48. The molecular formula is C25H19IN2O5. The van der Waals surface area contributed by atoms with E-state index < -0.39 is 24.5 Å². The molecule has 0 radical (unpaired) electrons. The maximum Gasteiger partial charge on any atom is 0.252 e. The van der Waals surface area contributed by atoms with Crippen LogP contribution in [0.4, 0.5) is 0 Å². The highest BCUT2D eigenvalue weighted by Gasteiger charge is 2.30. The van der Waals surface area contributed by atoms with E-state index in [0.717, 1.165) is 9.13 Å². The molecule has 1 unspecified atom stereocenters. The zero-order chi connectivity index (χ0) is 23.5. The summed E-state index contributed by atoms with van der Waals surface area (Å²) in [6.07, 6.45) is 0. The topological polar surface area (TPSA) is 113 Å². The van der Waals surface area contributed by atoms with Gasteiger partial charge in [0.2, 0.25) is 5.91 Å². The van der Waals surface area contributed by atoms with Crippen LogP contribution in [0.1, 0.15) is 47.8 Å². The number of carbonyl (C=O) groups excluding carboxylic acids is 4. The van der Waals surface area contributed by atoms with Crippen molar-refractivity contribution in [2.45, 2.75) is 12.6 Å². The average Bonchev–Trinajstić information content (AvgIpc) is 2.84. The van der Waals surface area contributed by atoms with E-state index in [1.165, 1.54) is 18.2 Å².